The van der Waals surface area contributed by atoms with Gasteiger partial charge in [-0.25, -0.2) is 0 Å². The SMILES string of the molecule is CCC(C)(C)C(=O)OCc1ccc(C(C)(C)C)cc1.CCC(C)(C)C(=O)Oc1cc(C(C)(C)C)cc(C(C)(C)C)c1. The van der Waals surface area contributed by atoms with Gasteiger partial charge >= 0.3 is 11.9 Å². The third-order valence-electron chi connectivity index (χ3n) is 7.91. The highest BCUT2D eigenvalue weighted by Gasteiger charge is 2.29. The van der Waals surface area contributed by atoms with Crippen LogP contribution in [0.1, 0.15) is 139 Å². The Bertz CT molecular complexity index is 1120. The molecule has 0 amide bonds. The van der Waals surface area contributed by atoms with E-state index in [9.17, 15) is 9.59 Å². The summed E-state index contributed by atoms with van der Waals surface area (Å²) >= 11 is 0. The van der Waals surface area contributed by atoms with Crippen molar-refractivity contribution in [3.8, 4) is 5.75 Å². The van der Waals surface area contributed by atoms with Crippen molar-refractivity contribution in [3.05, 3.63) is 64.7 Å². The van der Waals surface area contributed by atoms with Gasteiger partial charge in [0.15, 0.2) is 0 Å². The number of benzene rings is 2. The molecule has 0 bridgehead atoms. The van der Waals surface area contributed by atoms with Gasteiger partial charge in [0.25, 0.3) is 0 Å². The topological polar surface area (TPSA) is 52.6 Å². The van der Waals surface area contributed by atoms with E-state index in [0.29, 0.717) is 12.4 Å². The molecular formula is C37H58O4. The fraction of sp³-hybridized carbons (Fsp3) is 0.622. The van der Waals surface area contributed by atoms with Crippen molar-refractivity contribution in [3.63, 3.8) is 0 Å². The van der Waals surface area contributed by atoms with E-state index >= 15 is 0 Å². The van der Waals surface area contributed by atoms with E-state index in [2.05, 4.69) is 80.5 Å². The Morgan fingerprint density at radius 1 is 0.561 bits per heavy atom. The predicted molar refractivity (Wildman–Crippen MR) is 173 cm³/mol. The van der Waals surface area contributed by atoms with Gasteiger partial charge in [0.1, 0.15) is 12.4 Å². The number of rotatable bonds is 7. The first kappa shape index (κ1) is 36.4. The molecular weight excluding hydrogens is 508 g/mol. The summed E-state index contributed by atoms with van der Waals surface area (Å²) in [5.74, 6) is 0.361. The molecule has 0 heterocycles. The van der Waals surface area contributed by atoms with Crippen LogP contribution in [0.3, 0.4) is 0 Å². The molecule has 0 fully saturated rings. The lowest BCUT2D eigenvalue weighted by atomic mass is 9.80. The van der Waals surface area contributed by atoms with Crippen molar-refractivity contribution in [1.29, 1.82) is 0 Å². The van der Waals surface area contributed by atoms with Crippen LogP contribution in [0, 0.1) is 10.8 Å². The van der Waals surface area contributed by atoms with Crippen LogP contribution in [0.5, 0.6) is 5.75 Å². The molecule has 0 saturated carbocycles. The summed E-state index contributed by atoms with van der Waals surface area (Å²) in [6, 6.07) is 14.5. The molecule has 2 aromatic carbocycles. The minimum Gasteiger partial charge on any atom is -0.460 e. The van der Waals surface area contributed by atoms with Gasteiger partial charge in [0, 0.05) is 0 Å². The van der Waals surface area contributed by atoms with Crippen LogP contribution >= 0.6 is 0 Å². The lowest BCUT2D eigenvalue weighted by molar-refractivity contribution is -0.155. The lowest BCUT2D eigenvalue weighted by Crippen LogP contribution is -2.28. The zero-order valence-corrected chi connectivity index (χ0v) is 28.8. The number of hydrogen-bond donors (Lipinski definition) is 0. The molecule has 0 aliphatic carbocycles. The highest BCUT2D eigenvalue weighted by Crippen LogP contribution is 2.34. The average molecular weight is 567 g/mol. The zero-order chi connectivity index (χ0) is 32.0. The van der Waals surface area contributed by atoms with Gasteiger partial charge in [-0.1, -0.05) is 106 Å². The van der Waals surface area contributed by atoms with Crippen LogP contribution in [0.4, 0.5) is 0 Å². The molecule has 0 atom stereocenters. The molecule has 230 valence electrons. The summed E-state index contributed by atoms with van der Waals surface area (Å²) in [7, 11) is 0. The van der Waals surface area contributed by atoms with Crippen LogP contribution in [0.2, 0.25) is 0 Å². The minimum atomic E-state index is -0.459. The van der Waals surface area contributed by atoms with Gasteiger partial charge in [-0.05, 0) is 91.2 Å². The van der Waals surface area contributed by atoms with E-state index in [1.807, 2.05) is 65.8 Å². The first-order valence-corrected chi connectivity index (χ1v) is 15.1. The molecule has 0 aliphatic heterocycles. The minimum absolute atomic E-state index is 0.0166. The molecule has 4 heteroatoms. The molecule has 0 unspecified atom stereocenters. The lowest BCUT2D eigenvalue weighted by Gasteiger charge is -2.27. The van der Waals surface area contributed by atoms with Crippen molar-refractivity contribution >= 4 is 11.9 Å². The van der Waals surface area contributed by atoms with Crippen LogP contribution in [0.15, 0.2) is 42.5 Å². The molecule has 2 rings (SSSR count). The summed E-state index contributed by atoms with van der Waals surface area (Å²) in [6.07, 6.45) is 1.55. The van der Waals surface area contributed by atoms with Crippen LogP contribution in [-0.2, 0) is 37.2 Å². The van der Waals surface area contributed by atoms with Crippen molar-refractivity contribution < 1.29 is 19.1 Å². The van der Waals surface area contributed by atoms with Gasteiger partial charge < -0.3 is 9.47 Å². The van der Waals surface area contributed by atoms with E-state index in [4.69, 9.17) is 9.47 Å². The fourth-order valence-electron chi connectivity index (χ4n) is 3.50. The smallest absolute Gasteiger partial charge is 0.316 e. The van der Waals surface area contributed by atoms with Gasteiger partial charge in [0.2, 0.25) is 0 Å². The number of ether oxygens (including phenoxy) is 2. The quantitative estimate of drug-likeness (QED) is 0.247. The Balaban J connectivity index is 0.000000414. The van der Waals surface area contributed by atoms with E-state index in [1.165, 1.54) is 16.7 Å². The van der Waals surface area contributed by atoms with Crippen molar-refractivity contribution in [2.24, 2.45) is 10.8 Å². The molecule has 41 heavy (non-hydrogen) atoms. The van der Waals surface area contributed by atoms with E-state index in [-0.39, 0.29) is 28.2 Å². The van der Waals surface area contributed by atoms with Crippen molar-refractivity contribution in [1.82, 2.24) is 0 Å². The van der Waals surface area contributed by atoms with Crippen LogP contribution in [-0.4, -0.2) is 11.9 Å². The molecule has 0 saturated heterocycles. The third kappa shape index (κ3) is 11.3. The molecule has 0 radical (unpaired) electrons. The largest absolute Gasteiger partial charge is 0.460 e. The second-order valence-corrected chi connectivity index (χ2v) is 15.6. The maximum absolute atomic E-state index is 12.4. The summed E-state index contributed by atoms with van der Waals surface area (Å²) in [5, 5.41) is 0. The Morgan fingerprint density at radius 2 is 0.951 bits per heavy atom. The van der Waals surface area contributed by atoms with E-state index in [1.54, 1.807) is 0 Å². The summed E-state index contributed by atoms with van der Waals surface area (Å²) < 4.78 is 11.1. The molecule has 0 aromatic heterocycles. The molecule has 2 aromatic rings. The maximum Gasteiger partial charge on any atom is 0.316 e. The predicted octanol–water partition coefficient (Wildman–Crippen LogP) is 10.1. The highest BCUT2D eigenvalue weighted by atomic mass is 16.5. The maximum atomic E-state index is 12.4. The Morgan fingerprint density at radius 3 is 1.32 bits per heavy atom. The Hall–Kier alpha value is -2.62. The van der Waals surface area contributed by atoms with Crippen LogP contribution in [0.25, 0.3) is 0 Å². The molecule has 0 aliphatic rings. The van der Waals surface area contributed by atoms with Crippen molar-refractivity contribution in [2.75, 3.05) is 0 Å². The van der Waals surface area contributed by atoms with Gasteiger partial charge in [-0.3, -0.25) is 9.59 Å². The third-order valence-corrected chi connectivity index (χ3v) is 7.91. The summed E-state index contributed by atoms with van der Waals surface area (Å²) in [5.41, 5.74) is 4.04. The number of carbonyl (C=O) groups excluding carboxylic acids is 2. The second kappa shape index (κ2) is 13.6. The fourth-order valence-corrected chi connectivity index (χ4v) is 3.50. The van der Waals surface area contributed by atoms with Gasteiger partial charge in [0.05, 0.1) is 10.8 Å². The van der Waals surface area contributed by atoms with Crippen molar-refractivity contribution in [2.45, 2.75) is 140 Å². The van der Waals surface area contributed by atoms with Gasteiger partial charge in [-0.2, -0.15) is 0 Å². The monoisotopic (exact) mass is 566 g/mol. The van der Waals surface area contributed by atoms with E-state index in [0.717, 1.165) is 18.4 Å². The second-order valence-electron chi connectivity index (χ2n) is 15.6. The number of carbonyl (C=O) groups is 2. The molecule has 0 spiro atoms. The standard InChI is InChI=1S/C20H32O2.C17H26O2/c1-10-20(8,9)17(21)22-16-12-14(18(2,3)4)11-15(13-16)19(5,6)7;1-7-17(5,6)15(18)19-12-13-8-10-14(11-9-13)16(2,3)4/h11-13H,10H2,1-9H3;8-11H,7,12H2,1-6H3. The van der Waals surface area contributed by atoms with Crippen LogP contribution < -0.4 is 4.74 Å². The van der Waals surface area contributed by atoms with E-state index < -0.39 is 10.8 Å². The number of esters is 2. The first-order valence-electron chi connectivity index (χ1n) is 15.1. The normalized spacial score (nSPS) is 12.8. The Labute approximate surface area is 251 Å². The van der Waals surface area contributed by atoms with Gasteiger partial charge in [-0.15, -0.1) is 0 Å². The average Bonchev–Trinajstić information content (AvgIpc) is 2.86. The highest BCUT2D eigenvalue weighted by molar-refractivity contribution is 5.78. The number of hydrogen-bond acceptors (Lipinski definition) is 4. The molecule has 4 nitrogen and oxygen atoms in total. The summed E-state index contributed by atoms with van der Waals surface area (Å²) in [6.45, 7) is 31.7. The Kier molecular flexibility index (Phi) is 12.0. The molecule has 0 N–H and O–H groups in total. The zero-order valence-electron chi connectivity index (χ0n) is 28.8. The first-order chi connectivity index (χ1) is 18.4. The summed E-state index contributed by atoms with van der Waals surface area (Å²) in [4.78, 5) is 24.2.